The first-order valence-electron chi connectivity index (χ1n) is 30.8. The highest BCUT2D eigenvalue weighted by atomic mass is 16.7. The zero-order valence-electron chi connectivity index (χ0n) is 46.2. The molecular formula is C60H119NO9. The van der Waals surface area contributed by atoms with Crippen LogP contribution in [0.1, 0.15) is 316 Å². The lowest BCUT2D eigenvalue weighted by atomic mass is 9.99. The summed E-state index contributed by atoms with van der Waals surface area (Å²) in [5, 5.41) is 65.3. The number of aliphatic hydroxyl groups is 6. The lowest BCUT2D eigenvalue weighted by molar-refractivity contribution is -0.302. The molecule has 1 aliphatic rings. The fourth-order valence-corrected chi connectivity index (χ4v) is 10.3. The number of carbonyl (C=O) groups excluding carboxylic acids is 1. The number of carbonyl (C=O) groups is 1. The Labute approximate surface area is 432 Å². The summed E-state index contributed by atoms with van der Waals surface area (Å²) < 4.78 is 11.3. The molecule has 418 valence electrons. The van der Waals surface area contributed by atoms with E-state index in [4.69, 9.17) is 9.47 Å². The van der Waals surface area contributed by atoms with Crippen LogP contribution in [0, 0.1) is 0 Å². The van der Waals surface area contributed by atoms with E-state index in [1.165, 1.54) is 250 Å². The summed E-state index contributed by atoms with van der Waals surface area (Å²) in [6.45, 7) is 3.73. The van der Waals surface area contributed by atoms with Crippen molar-refractivity contribution in [2.45, 2.75) is 365 Å². The zero-order valence-corrected chi connectivity index (χ0v) is 46.2. The van der Waals surface area contributed by atoms with Crippen LogP contribution in [0.15, 0.2) is 0 Å². The smallest absolute Gasteiger partial charge is 0.249 e. The first-order chi connectivity index (χ1) is 34.3. The van der Waals surface area contributed by atoms with Gasteiger partial charge in [0, 0.05) is 0 Å². The third-order valence-corrected chi connectivity index (χ3v) is 15.3. The number of rotatable bonds is 54. The van der Waals surface area contributed by atoms with Crippen LogP contribution in [-0.2, 0) is 14.3 Å². The fraction of sp³-hybridized carbons (Fsp3) is 0.983. The summed E-state index contributed by atoms with van der Waals surface area (Å²) in [6, 6.07) is -0.890. The normalized spacial score (nSPS) is 19.7. The van der Waals surface area contributed by atoms with Crippen molar-refractivity contribution < 1.29 is 44.9 Å². The standard InChI is InChI=1S/C60H119NO9/c1-3-5-7-9-11-13-15-17-19-21-22-23-24-25-26-27-28-29-30-31-33-35-37-39-41-43-45-47-49-54(64)59(68)61-52(51-69-60-58(67)57(66)56(65)55(50-62)70-60)53(63)48-46-44-42-40-38-36-34-32-20-18-16-14-12-10-8-6-4-2/h52-58,60,62-67H,3-51H2,1-2H3,(H,61,68). The van der Waals surface area contributed by atoms with Gasteiger partial charge in [0.05, 0.1) is 25.4 Å². The van der Waals surface area contributed by atoms with Crippen molar-refractivity contribution >= 4 is 5.91 Å². The third kappa shape index (κ3) is 38.7. The van der Waals surface area contributed by atoms with E-state index in [9.17, 15) is 35.4 Å². The first-order valence-corrected chi connectivity index (χ1v) is 30.8. The second-order valence-electron chi connectivity index (χ2n) is 22.0. The molecule has 1 fully saturated rings. The number of amides is 1. The molecule has 0 radical (unpaired) electrons. The Balaban J connectivity index is 2.17. The van der Waals surface area contributed by atoms with Gasteiger partial charge in [-0.3, -0.25) is 4.79 Å². The number of ether oxygens (including phenoxy) is 2. The second-order valence-corrected chi connectivity index (χ2v) is 22.0. The fourth-order valence-electron chi connectivity index (χ4n) is 10.3. The van der Waals surface area contributed by atoms with Gasteiger partial charge >= 0.3 is 0 Å². The van der Waals surface area contributed by atoms with Crippen LogP contribution in [-0.4, -0.2) is 98.7 Å². The summed E-state index contributed by atoms with van der Waals surface area (Å²) >= 11 is 0. The van der Waals surface area contributed by atoms with Crippen LogP contribution < -0.4 is 5.32 Å². The van der Waals surface area contributed by atoms with Crippen molar-refractivity contribution in [3.8, 4) is 0 Å². The first kappa shape index (κ1) is 67.2. The Hall–Kier alpha value is -0.850. The van der Waals surface area contributed by atoms with Gasteiger partial charge in [0.1, 0.15) is 30.5 Å². The molecule has 0 aromatic rings. The Kier molecular flexibility index (Phi) is 48.3. The summed E-state index contributed by atoms with van der Waals surface area (Å²) in [5.41, 5.74) is 0. The van der Waals surface area contributed by atoms with Crippen LogP contribution in [0.5, 0.6) is 0 Å². The SMILES string of the molecule is CCCCCCCCCCCCCCCCCCCCCCCCCCCCCCC(O)C(=O)NC(COC1OC(CO)C(O)C(O)C1O)C(O)CCCCCCCCCCCCCCCCCCC. The second kappa shape index (κ2) is 50.3. The molecule has 7 N–H and O–H groups in total. The van der Waals surface area contributed by atoms with Gasteiger partial charge in [-0.05, 0) is 12.8 Å². The average molecular weight is 999 g/mol. The molecule has 1 heterocycles. The lowest BCUT2D eigenvalue weighted by Crippen LogP contribution is -2.60. The maximum atomic E-state index is 13.2. The van der Waals surface area contributed by atoms with Crippen LogP contribution in [0.3, 0.4) is 0 Å². The van der Waals surface area contributed by atoms with Crippen LogP contribution in [0.4, 0.5) is 0 Å². The van der Waals surface area contributed by atoms with E-state index in [-0.39, 0.29) is 6.61 Å². The van der Waals surface area contributed by atoms with E-state index in [0.29, 0.717) is 12.8 Å². The van der Waals surface area contributed by atoms with E-state index in [0.717, 1.165) is 38.5 Å². The molecule has 0 aromatic carbocycles. The zero-order chi connectivity index (χ0) is 51.0. The monoisotopic (exact) mass is 998 g/mol. The van der Waals surface area contributed by atoms with Gasteiger partial charge in [0.25, 0.3) is 0 Å². The quantitative estimate of drug-likeness (QED) is 0.0293. The largest absolute Gasteiger partial charge is 0.394 e. The summed E-state index contributed by atoms with van der Waals surface area (Å²) in [4.78, 5) is 13.2. The van der Waals surface area contributed by atoms with Gasteiger partial charge in [-0.1, -0.05) is 303 Å². The van der Waals surface area contributed by atoms with Crippen molar-refractivity contribution in [1.82, 2.24) is 5.32 Å². The van der Waals surface area contributed by atoms with Gasteiger partial charge in [-0.15, -0.1) is 0 Å². The van der Waals surface area contributed by atoms with Gasteiger partial charge in [-0.2, -0.15) is 0 Å². The van der Waals surface area contributed by atoms with Crippen molar-refractivity contribution in [2.24, 2.45) is 0 Å². The van der Waals surface area contributed by atoms with E-state index in [1.54, 1.807) is 0 Å². The number of nitrogens with one attached hydrogen (secondary N) is 1. The Morgan fingerprint density at radius 2 is 0.714 bits per heavy atom. The molecular weight excluding hydrogens is 879 g/mol. The molecule has 0 aliphatic carbocycles. The molecule has 1 saturated heterocycles. The van der Waals surface area contributed by atoms with E-state index < -0.39 is 61.5 Å². The predicted octanol–water partition coefficient (Wildman–Crippen LogP) is 14.4. The van der Waals surface area contributed by atoms with Crippen molar-refractivity contribution in [3.63, 3.8) is 0 Å². The van der Waals surface area contributed by atoms with Gasteiger partial charge in [0.15, 0.2) is 6.29 Å². The minimum Gasteiger partial charge on any atom is -0.394 e. The van der Waals surface area contributed by atoms with Gasteiger partial charge < -0.3 is 45.4 Å². The molecule has 0 aromatic heterocycles. The minimum absolute atomic E-state index is 0.249. The average Bonchev–Trinajstić information content (AvgIpc) is 3.36. The van der Waals surface area contributed by atoms with E-state index in [2.05, 4.69) is 19.2 Å². The van der Waals surface area contributed by atoms with Crippen LogP contribution >= 0.6 is 0 Å². The Bertz CT molecular complexity index is 1080. The number of hydrogen-bond donors (Lipinski definition) is 7. The topological polar surface area (TPSA) is 169 Å². The molecule has 1 rings (SSSR count). The summed E-state index contributed by atoms with van der Waals surface area (Å²) in [6.07, 6.45) is 50.3. The van der Waals surface area contributed by atoms with Crippen molar-refractivity contribution in [1.29, 1.82) is 0 Å². The lowest BCUT2D eigenvalue weighted by Gasteiger charge is -2.40. The maximum absolute atomic E-state index is 13.2. The number of unbranched alkanes of at least 4 members (excludes halogenated alkanes) is 43. The van der Waals surface area contributed by atoms with Crippen LogP contribution in [0.25, 0.3) is 0 Å². The summed E-state index contributed by atoms with van der Waals surface area (Å²) in [5.74, 6) is -0.575. The highest BCUT2D eigenvalue weighted by Crippen LogP contribution is 2.24. The van der Waals surface area contributed by atoms with Gasteiger partial charge in [0.2, 0.25) is 5.91 Å². The minimum atomic E-state index is -1.59. The Morgan fingerprint density at radius 1 is 0.429 bits per heavy atom. The number of hydrogen-bond acceptors (Lipinski definition) is 9. The molecule has 8 unspecified atom stereocenters. The predicted molar refractivity (Wildman–Crippen MR) is 292 cm³/mol. The van der Waals surface area contributed by atoms with E-state index >= 15 is 0 Å². The molecule has 0 bridgehead atoms. The summed E-state index contributed by atoms with van der Waals surface area (Å²) in [7, 11) is 0. The van der Waals surface area contributed by atoms with E-state index in [1.807, 2.05) is 0 Å². The highest BCUT2D eigenvalue weighted by molar-refractivity contribution is 5.80. The van der Waals surface area contributed by atoms with Crippen molar-refractivity contribution in [2.75, 3.05) is 13.2 Å². The highest BCUT2D eigenvalue weighted by Gasteiger charge is 2.44. The van der Waals surface area contributed by atoms with Gasteiger partial charge in [-0.25, -0.2) is 0 Å². The molecule has 10 nitrogen and oxygen atoms in total. The Morgan fingerprint density at radius 3 is 1.01 bits per heavy atom. The van der Waals surface area contributed by atoms with Crippen LogP contribution in [0.2, 0.25) is 0 Å². The molecule has 70 heavy (non-hydrogen) atoms. The number of aliphatic hydroxyl groups excluding tert-OH is 6. The molecule has 10 heteroatoms. The molecule has 0 saturated carbocycles. The molecule has 8 atom stereocenters. The molecule has 1 amide bonds. The van der Waals surface area contributed by atoms with Crippen molar-refractivity contribution in [3.05, 3.63) is 0 Å². The molecule has 1 aliphatic heterocycles. The maximum Gasteiger partial charge on any atom is 0.249 e. The third-order valence-electron chi connectivity index (χ3n) is 15.3. The molecule has 0 spiro atoms.